The molecule has 2 heterocycles. The number of halogens is 2. The zero-order valence-corrected chi connectivity index (χ0v) is 21.3. The Labute approximate surface area is 215 Å². The van der Waals surface area contributed by atoms with Crippen molar-refractivity contribution in [2.45, 2.75) is 25.2 Å². The average Bonchev–Trinajstić information content (AvgIpc) is 3.74. The Kier molecular flexibility index (Phi) is 7.53. The number of methoxy groups -OCH3 is 1. The first-order valence-electron chi connectivity index (χ1n) is 12.5. The van der Waals surface area contributed by atoms with E-state index in [4.69, 9.17) is 26.3 Å². The van der Waals surface area contributed by atoms with Gasteiger partial charge in [-0.1, -0.05) is 23.7 Å². The van der Waals surface area contributed by atoms with Gasteiger partial charge in [0, 0.05) is 69.1 Å². The van der Waals surface area contributed by atoms with Crippen LogP contribution in [0.1, 0.15) is 31.0 Å². The summed E-state index contributed by atoms with van der Waals surface area (Å²) in [6, 6.07) is 12.5. The number of fused-ring (bicyclic) bond motifs is 1. The molecule has 9 heteroatoms. The molecule has 0 N–H and O–H groups in total. The number of carbonyl (C=O) groups excluding carboxylic acids is 1. The molecule has 0 radical (unpaired) electrons. The van der Waals surface area contributed by atoms with E-state index in [9.17, 15) is 9.18 Å². The number of piperazine rings is 1. The van der Waals surface area contributed by atoms with Gasteiger partial charge in [-0.2, -0.15) is 0 Å². The summed E-state index contributed by atoms with van der Waals surface area (Å²) in [5.41, 5.74) is 1.42. The van der Waals surface area contributed by atoms with Gasteiger partial charge in [-0.3, -0.25) is 4.79 Å². The zero-order chi connectivity index (χ0) is 25.1. The lowest BCUT2D eigenvalue weighted by molar-refractivity contribution is -0.131. The van der Waals surface area contributed by atoms with Gasteiger partial charge in [0.15, 0.2) is 0 Å². The molecule has 5 rings (SSSR count). The second kappa shape index (κ2) is 11.0. The Bertz CT molecular complexity index is 1230. The average molecular weight is 512 g/mol. The molecule has 190 valence electrons. The predicted octanol–water partition coefficient (Wildman–Crippen LogP) is 4.49. The van der Waals surface area contributed by atoms with Crippen molar-refractivity contribution in [2.24, 2.45) is 0 Å². The Morgan fingerprint density at radius 3 is 2.61 bits per heavy atom. The lowest BCUT2D eigenvalue weighted by Gasteiger charge is -2.36. The van der Waals surface area contributed by atoms with Crippen LogP contribution in [0, 0.1) is 5.82 Å². The number of para-hydroxylation sites is 1. The van der Waals surface area contributed by atoms with E-state index in [1.807, 2.05) is 34.1 Å². The van der Waals surface area contributed by atoms with Crippen molar-refractivity contribution in [3.8, 4) is 0 Å². The fourth-order valence-corrected chi connectivity index (χ4v) is 4.85. The van der Waals surface area contributed by atoms with Crippen molar-refractivity contribution in [3.63, 3.8) is 0 Å². The number of hydrogen-bond acceptors (Lipinski definition) is 6. The monoisotopic (exact) mass is 511 g/mol. The number of ether oxygens (including phenoxy) is 1. The maximum Gasteiger partial charge on any atom is 0.224 e. The highest BCUT2D eigenvalue weighted by atomic mass is 35.5. The number of carbonyl (C=O) groups is 1. The summed E-state index contributed by atoms with van der Waals surface area (Å²) in [6.45, 7) is 4.04. The number of nitrogens with zero attached hydrogens (tertiary/aromatic N) is 5. The van der Waals surface area contributed by atoms with Gasteiger partial charge in [0.05, 0.1) is 17.8 Å². The number of benzene rings is 2. The van der Waals surface area contributed by atoms with E-state index in [2.05, 4.69) is 4.90 Å². The standard InChI is InChI=1S/C27H31ClFN5O2/c1-36-17-16-34(27-21-9-8-20(28)18-23(21)30-26(31-27)19-6-7-19)11-10-25(35)33-14-12-32(13-15-33)24-5-3-2-4-22(24)29/h2-5,8-9,18-19H,6-7,10-17H2,1H3. The second-order valence-corrected chi connectivity index (χ2v) is 9.83. The van der Waals surface area contributed by atoms with E-state index in [1.54, 1.807) is 19.2 Å². The van der Waals surface area contributed by atoms with Crippen molar-refractivity contribution in [1.82, 2.24) is 14.9 Å². The minimum atomic E-state index is -0.227. The maximum atomic E-state index is 14.2. The molecule has 0 bridgehead atoms. The third-order valence-corrected chi connectivity index (χ3v) is 7.12. The van der Waals surface area contributed by atoms with Crippen molar-refractivity contribution >= 4 is 39.9 Å². The van der Waals surface area contributed by atoms with E-state index < -0.39 is 0 Å². The molecule has 1 aliphatic heterocycles. The lowest BCUT2D eigenvalue weighted by atomic mass is 10.2. The Hall–Kier alpha value is -2.97. The molecule has 1 saturated carbocycles. The summed E-state index contributed by atoms with van der Waals surface area (Å²) in [6.07, 6.45) is 2.56. The molecule has 3 aromatic rings. The smallest absolute Gasteiger partial charge is 0.224 e. The van der Waals surface area contributed by atoms with Crippen LogP contribution in [0.25, 0.3) is 10.9 Å². The van der Waals surface area contributed by atoms with Crippen LogP contribution in [-0.4, -0.2) is 73.8 Å². The normalized spacial score (nSPS) is 16.0. The van der Waals surface area contributed by atoms with E-state index in [-0.39, 0.29) is 11.7 Å². The molecule has 1 aliphatic carbocycles. The van der Waals surface area contributed by atoms with Crippen molar-refractivity contribution < 1.29 is 13.9 Å². The van der Waals surface area contributed by atoms with Gasteiger partial charge >= 0.3 is 0 Å². The number of rotatable bonds is 9. The molecule has 0 atom stereocenters. The maximum absolute atomic E-state index is 14.2. The second-order valence-electron chi connectivity index (χ2n) is 9.39. The highest BCUT2D eigenvalue weighted by Crippen LogP contribution is 2.40. The first kappa shape index (κ1) is 24.7. The Balaban J connectivity index is 1.28. The molecule has 0 spiro atoms. The minimum absolute atomic E-state index is 0.0921. The minimum Gasteiger partial charge on any atom is -0.383 e. The molecule has 1 amide bonds. The quantitative estimate of drug-likeness (QED) is 0.422. The third kappa shape index (κ3) is 5.55. The fraction of sp³-hybridized carbons (Fsp3) is 0.444. The van der Waals surface area contributed by atoms with E-state index in [1.165, 1.54) is 6.07 Å². The van der Waals surface area contributed by atoms with Gasteiger partial charge in [-0.05, 0) is 43.2 Å². The van der Waals surface area contributed by atoms with Gasteiger partial charge in [0.2, 0.25) is 5.91 Å². The van der Waals surface area contributed by atoms with E-state index >= 15 is 0 Å². The van der Waals surface area contributed by atoms with Crippen LogP contribution in [0.4, 0.5) is 15.9 Å². The van der Waals surface area contributed by atoms with Crippen LogP contribution < -0.4 is 9.80 Å². The SMILES string of the molecule is COCCN(CCC(=O)N1CCN(c2ccccc2F)CC1)c1nc(C2CC2)nc2cc(Cl)ccc12. The number of amides is 1. The van der Waals surface area contributed by atoms with Crippen LogP contribution in [0.15, 0.2) is 42.5 Å². The van der Waals surface area contributed by atoms with Gasteiger partial charge in [0.1, 0.15) is 17.5 Å². The van der Waals surface area contributed by atoms with Crippen molar-refractivity contribution in [3.05, 3.63) is 59.1 Å². The van der Waals surface area contributed by atoms with Crippen LogP contribution in [-0.2, 0) is 9.53 Å². The van der Waals surface area contributed by atoms with Crippen molar-refractivity contribution in [1.29, 1.82) is 0 Å². The highest BCUT2D eigenvalue weighted by molar-refractivity contribution is 6.31. The number of anilines is 2. The summed E-state index contributed by atoms with van der Waals surface area (Å²) >= 11 is 6.26. The predicted molar refractivity (Wildman–Crippen MR) is 140 cm³/mol. The lowest BCUT2D eigenvalue weighted by Crippen LogP contribution is -2.49. The Morgan fingerprint density at radius 1 is 1.11 bits per heavy atom. The molecule has 0 unspecified atom stereocenters. The van der Waals surface area contributed by atoms with E-state index in [0.29, 0.717) is 68.9 Å². The fourth-order valence-electron chi connectivity index (χ4n) is 4.69. The van der Waals surface area contributed by atoms with Crippen LogP contribution in [0.5, 0.6) is 0 Å². The summed E-state index contributed by atoms with van der Waals surface area (Å²) in [4.78, 5) is 28.8. The largest absolute Gasteiger partial charge is 0.383 e. The molecule has 2 aromatic carbocycles. The molecule has 1 saturated heterocycles. The van der Waals surface area contributed by atoms with Gasteiger partial charge in [-0.25, -0.2) is 14.4 Å². The van der Waals surface area contributed by atoms with Crippen LogP contribution >= 0.6 is 11.6 Å². The van der Waals surface area contributed by atoms with Gasteiger partial charge in [-0.15, -0.1) is 0 Å². The van der Waals surface area contributed by atoms with Crippen LogP contribution in [0.3, 0.4) is 0 Å². The summed E-state index contributed by atoms with van der Waals surface area (Å²) < 4.78 is 19.5. The van der Waals surface area contributed by atoms with E-state index in [0.717, 1.165) is 35.4 Å². The summed E-state index contributed by atoms with van der Waals surface area (Å²) in [7, 11) is 1.67. The molecular formula is C27H31ClFN5O2. The zero-order valence-electron chi connectivity index (χ0n) is 20.5. The van der Waals surface area contributed by atoms with Crippen LogP contribution in [0.2, 0.25) is 5.02 Å². The molecule has 1 aromatic heterocycles. The first-order chi connectivity index (χ1) is 17.5. The first-order valence-corrected chi connectivity index (χ1v) is 12.9. The molecule has 2 fully saturated rings. The van der Waals surface area contributed by atoms with Crippen molar-refractivity contribution in [2.75, 3.05) is 62.8 Å². The molecule has 7 nitrogen and oxygen atoms in total. The highest BCUT2D eigenvalue weighted by Gasteiger charge is 2.29. The molecular weight excluding hydrogens is 481 g/mol. The number of hydrogen-bond donors (Lipinski definition) is 0. The van der Waals surface area contributed by atoms with Gasteiger partial charge < -0.3 is 19.4 Å². The topological polar surface area (TPSA) is 61.8 Å². The third-order valence-electron chi connectivity index (χ3n) is 6.88. The molecule has 36 heavy (non-hydrogen) atoms. The summed E-state index contributed by atoms with van der Waals surface area (Å²) in [5, 5.41) is 1.56. The molecule has 2 aliphatic rings. The summed E-state index contributed by atoms with van der Waals surface area (Å²) in [5.74, 6) is 1.93. The Morgan fingerprint density at radius 2 is 1.89 bits per heavy atom. The number of aromatic nitrogens is 2. The van der Waals surface area contributed by atoms with Gasteiger partial charge in [0.25, 0.3) is 0 Å².